The molecule has 2 heterocycles. The van der Waals surface area contributed by atoms with Crippen LogP contribution in [0.4, 0.5) is 0 Å². The van der Waals surface area contributed by atoms with Crippen LogP contribution in [0.5, 0.6) is 0 Å². The number of rotatable bonds is 3. The Morgan fingerprint density at radius 3 is 2.94 bits per heavy atom. The van der Waals surface area contributed by atoms with E-state index in [9.17, 15) is 0 Å². The molecule has 0 spiro atoms. The number of aromatic nitrogens is 2. The van der Waals surface area contributed by atoms with Crippen LogP contribution in [0.2, 0.25) is 0 Å². The van der Waals surface area contributed by atoms with Crippen LogP contribution in [0.1, 0.15) is 31.2 Å². The number of aryl methyl sites for hydroxylation is 2. The van der Waals surface area contributed by atoms with Gasteiger partial charge in [-0.05, 0) is 41.7 Å². The molecule has 1 atom stereocenters. The summed E-state index contributed by atoms with van der Waals surface area (Å²) in [4.78, 5) is 2.36. The van der Waals surface area contributed by atoms with E-state index in [-0.39, 0.29) is 5.92 Å². The van der Waals surface area contributed by atoms with Gasteiger partial charge in [-0.2, -0.15) is 10.4 Å². The molecule has 0 aliphatic carbocycles. The number of nitrogens with zero attached hydrogens (tertiary/aromatic N) is 4. The van der Waals surface area contributed by atoms with Crippen LogP contribution < -0.4 is 0 Å². The smallest absolute Gasteiger partial charge is 0.0767 e. The van der Waals surface area contributed by atoms with Gasteiger partial charge in [-0.3, -0.25) is 9.58 Å². The maximum Gasteiger partial charge on any atom is 0.0767 e. The first-order valence-electron chi connectivity index (χ1n) is 6.48. The van der Waals surface area contributed by atoms with E-state index < -0.39 is 0 Å². The molecule has 1 aromatic heterocycles. The summed E-state index contributed by atoms with van der Waals surface area (Å²) >= 11 is 3.65. The SMILES string of the molecule is CCc1nn(C)c(CN2CCCC(C#N)C2)c1Br. The highest BCUT2D eigenvalue weighted by molar-refractivity contribution is 9.10. The van der Waals surface area contributed by atoms with E-state index in [1.54, 1.807) is 0 Å². The second kappa shape index (κ2) is 5.85. The fraction of sp³-hybridized carbons (Fsp3) is 0.692. The van der Waals surface area contributed by atoms with Gasteiger partial charge in [0.15, 0.2) is 0 Å². The van der Waals surface area contributed by atoms with Crippen molar-refractivity contribution >= 4 is 15.9 Å². The van der Waals surface area contributed by atoms with Crippen molar-refractivity contribution in [3.63, 3.8) is 0 Å². The van der Waals surface area contributed by atoms with Gasteiger partial charge in [-0.1, -0.05) is 6.92 Å². The molecule has 0 amide bonds. The average Bonchev–Trinajstić information content (AvgIpc) is 2.66. The van der Waals surface area contributed by atoms with Gasteiger partial charge < -0.3 is 0 Å². The Labute approximate surface area is 117 Å². The van der Waals surface area contributed by atoms with Gasteiger partial charge in [-0.15, -0.1) is 0 Å². The quantitative estimate of drug-likeness (QED) is 0.861. The van der Waals surface area contributed by atoms with Crippen LogP contribution in [0.15, 0.2) is 4.47 Å². The first-order chi connectivity index (χ1) is 8.65. The fourth-order valence-electron chi connectivity index (χ4n) is 2.51. The molecule has 0 radical (unpaired) electrons. The minimum Gasteiger partial charge on any atom is -0.296 e. The molecule has 2 rings (SSSR count). The number of hydrogen-bond donors (Lipinski definition) is 0. The zero-order valence-corrected chi connectivity index (χ0v) is 12.6. The van der Waals surface area contributed by atoms with Crippen molar-refractivity contribution in [3.8, 4) is 6.07 Å². The minimum absolute atomic E-state index is 0.191. The number of nitriles is 1. The molecule has 4 nitrogen and oxygen atoms in total. The van der Waals surface area contributed by atoms with E-state index in [0.29, 0.717) is 0 Å². The Balaban J connectivity index is 2.10. The summed E-state index contributed by atoms with van der Waals surface area (Å²) in [6, 6.07) is 2.39. The lowest BCUT2D eigenvalue weighted by Crippen LogP contribution is -2.34. The molecule has 0 bridgehead atoms. The van der Waals surface area contributed by atoms with Gasteiger partial charge in [0.05, 0.1) is 27.8 Å². The number of likely N-dealkylation sites (tertiary alicyclic amines) is 1. The highest BCUT2D eigenvalue weighted by Gasteiger charge is 2.22. The van der Waals surface area contributed by atoms with Crippen molar-refractivity contribution in [2.24, 2.45) is 13.0 Å². The van der Waals surface area contributed by atoms with Crippen molar-refractivity contribution in [2.45, 2.75) is 32.7 Å². The Morgan fingerprint density at radius 1 is 1.56 bits per heavy atom. The van der Waals surface area contributed by atoms with Crippen LogP contribution in [-0.2, 0) is 20.0 Å². The monoisotopic (exact) mass is 310 g/mol. The molecule has 0 aromatic carbocycles. The van der Waals surface area contributed by atoms with Gasteiger partial charge in [-0.25, -0.2) is 0 Å². The maximum absolute atomic E-state index is 9.02. The summed E-state index contributed by atoms with van der Waals surface area (Å²) in [6.07, 6.45) is 3.10. The summed E-state index contributed by atoms with van der Waals surface area (Å²) in [5, 5.41) is 13.5. The van der Waals surface area contributed by atoms with Crippen molar-refractivity contribution in [1.82, 2.24) is 14.7 Å². The molecular formula is C13H19BrN4. The molecule has 1 aliphatic heterocycles. The van der Waals surface area contributed by atoms with Crippen LogP contribution in [0.3, 0.4) is 0 Å². The topological polar surface area (TPSA) is 44.9 Å². The lowest BCUT2D eigenvalue weighted by molar-refractivity contribution is 0.187. The van der Waals surface area contributed by atoms with E-state index >= 15 is 0 Å². The molecule has 1 aliphatic rings. The van der Waals surface area contributed by atoms with Gasteiger partial charge >= 0.3 is 0 Å². The first-order valence-corrected chi connectivity index (χ1v) is 7.27. The average molecular weight is 311 g/mol. The first kappa shape index (κ1) is 13.6. The predicted molar refractivity (Wildman–Crippen MR) is 73.9 cm³/mol. The molecule has 1 aromatic rings. The molecule has 0 saturated carbocycles. The standard InChI is InChI=1S/C13H19BrN4/c1-3-11-13(14)12(17(2)16-11)9-18-6-4-5-10(7-15)8-18/h10H,3-6,8-9H2,1-2H3. The van der Waals surface area contributed by atoms with Gasteiger partial charge in [0.2, 0.25) is 0 Å². The van der Waals surface area contributed by atoms with Crippen LogP contribution in [-0.4, -0.2) is 27.8 Å². The predicted octanol–water partition coefficient (Wildman–Crippen LogP) is 2.48. The second-order valence-electron chi connectivity index (χ2n) is 4.89. The van der Waals surface area contributed by atoms with Gasteiger partial charge in [0.1, 0.15) is 0 Å². The van der Waals surface area contributed by atoms with Crippen molar-refractivity contribution in [3.05, 3.63) is 15.9 Å². The molecule has 0 N–H and O–H groups in total. The molecule has 1 fully saturated rings. The second-order valence-corrected chi connectivity index (χ2v) is 5.68. The van der Waals surface area contributed by atoms with E-state index in [4.69, 9.17) is 5.26 Å². The van der Waals surface area contributed by atoms with Crippen molar-refractivity contribution < 1.29 is 0 Å². The Morgan fingerprint density at radius 2 is 2.33 bits per heavy atom. The number of hydrogen-bond acceptors (Lipinski definition) is 3. The Hall–Kier alpha value is -0.860. The molecule has 98 valence electrons. The summed E-state index contributed by atoms with van der Waals surface area (Å²) in [7, 11) is 1.99. The lowest BCUT2D eigenvalue weighted by atomic mass is 10.00. The third-order valence-corrected chi connectivity index (χ3v) is 4.48. The summed E-state index contributed by atoms with van der Waals surface area (Å²) in [6.45, 7) is 4.96. The zero-order chi connectivity index (χ0) is 13.1. The molecule has 1 unspecified atom stereocenters. The third kappa shape index (κ3) is 2.76. The largest absolute Gasteiger partial charge is 0.296 e. The maximum atomic E-state index is 9.02. The normalized spacial score (nSPS) is 20.9. The van der Waals surface area contributed by atoms with E-state index in [2.05, 4.69) is 38.9 Å². The third-order valence-electron chi connectivity index (χ3n) is 3.56. The Bertz CT molecular complexity index is 460. The van der Waals surface area contributed by atoms with Crippen LogP contribution in [0, 0.1) is 17.2 Å². The Kier molecular flexibility index (Phi) is 4.41. The highest BCUT2D eigenvalue weighted by Crippen LogP contribution is 2.25. The zero-order valence-electron chi connectivity index (χ0n) is 11.0. The molecule has 18 heavy (non-hydrogen) atoms. The fourth-order valence-corrected chi connectivity index (χ4v) is 3.25. The van der Waals surface area contributed by atoms with Crippen LogP contribution in [0.25, 0.3) is 0 Å². The lowest BCUT2D eigenvalue weighted by Gasteiger charge is -2.29. The van der Waals surface area contributed by atoms with E-state index in [0.717, 1.165) is 49.1 Å². The minimum atomic E-state index is 0.191. The summed E-state index contributed by atoms with van der Waals surface area (Å²) in [5.74, 6) is 0.191. The molecule has 5 heteroatoms. The molecular weight excluding hydrogens is 292 g/mol. The van der Waals surface area contributed by atoms with Crippen LogP contribution >= 0.6 is 15.9 Å². The van der Waals surface area contributed by atoms with E-state index in [1.165, 1.54) is 5.69 Å². The number of halogens is 1. The summed E-state index contributed by atoms with van der Waals surface area (Å²) in [5.41, 5.74) is 2.33. The van der Waals surface area contributed by atoms with E-state index in [1.807, 2.05) is 11.7 Å². The van der Waals surface area contributed by atoms with Gasteiger partial charge in [0.25, 0.3) is 0 Å². The van der Waals surface area contributed by atoms with Crippen molar-refractivity contribution in [1.29, 1.82) is 5.26 Å². The number of piperidine rings is 1. The van der Waals surface area contributed by atoms with Crippen molar-refractivity contribution in [2.75, 3.05) is 13.1 Å². The highest BCUT2D eigenvalue weighted by atomic mass is 79.9. The molecule has 1 saturated heterocycles. The summed E-state index contributed by atoms with van der Waals surface area (Å²) < 4.78 is 3.09. The van der Waals surface area contributed by atoms with Gasteiger partial charge in [0, 0.05) is 20.1 Å².